The Bertz CT molecular complexity index is 1410. The molecule has 0 aliphatic rings. The molecule has 0 saturated carbocycles. The van der Waals surface area contributed by atoms with Crippen molar-refractivity contribution in [3.05, 3.63) is 83.9 Å². The number of carbonyl (C=O) groups excluding carboxylic acids is 2. The molecule has 0 aliphatic heterocycles. The maximum atomic E-state index is 12.9. The third-order valence-corrected chi connectivity index (χ3v) is 5.67. The van der Waals surface area contributed by atoms with Gasteiger partial charge in [0, 0.05) is 44.2 Å². The second kappa shape index (κ2) is 11.2. The maximum Gasteiger partial charge on any atom is 0.326 e. The number of hydrogen-bond donors (Lipinski definition) is 2. The van der Waals surface area contributed by atoms with E-state index in [1.807, 2.05) is 47.0 Å². The molecule has 0 radical (unpaired) electrons. The van der Waals surface area contributed by atoms with Gasteiger partial charge in [0.15, 0.2) is 0 Å². The summed E-state index contributed by atoms with van der Waals surface area (Å²) in [6.07, 6.45) is 0.724. The zero-order valence-corrected chi connectivity index (χ0v) is 20.1. The minimum atomic E-state index is -0.459. The van der Waals surface area contributed by atoms with Crippen LogP contribution in [0.1, 0.15) is 22.3 Å². The minimum absolute atomic E-state index is 0.130. The van der Waals surface area contributed by atoms with E-state index in [0.717, 1.165) is 11.9 Å². The number of carbonyl (C=O) groups is 2. The van der Waals surface area contributed by atoms with E-state index in [1.54, 1.807) is 55.5 Å². The molecule has 3 amide bonds. The van der Waals surface area contributed by atoms with Gasteiger partial charge < -0.3 is 19.5 Å². The zero-order valence-electron chi connectivity index (χ0n) is 20.1. The Labute approximate surface area is 208 Å². The Morgan fingerprint density at radius 3 is 2.50 bits per heavy atom. The number of anilines is 3. The van der Waals surface area contributed by atoms with Gasteiger partial charge in [-0.1, -0.05) is 18.2 Å². The predicted molar refractivity (Wildman–Crippen MR) is 139 cm³/mol. The van der Waals surface area contributed by atoms with E-state index in [1.165, 1.54) is 0 Å². The van der Waals surface area contributed by atoms with Crippen molar-refractivity contribution in [1.82, 2.24) is 9.55 Å². The summed E-state index contributed by atoms with van der Waals surface area (Å²) in [7, 11) is 3.36. The van der Waals surface area contributed by atoms with Gasteiger partial charge in [0.1, 0.15) is 0 Å². The van der Waals surface area contributed by atoms with Crippen LogP contribution in [-0.4, -0.2) is 42.3 Å². The molecule has 1 heterocycles. The number of ether oxygens (including phenoxy) is 1. The van der Waals surface area contributed by atoms with Gasteiger partial charge in [-0.3, -0.25) is 10.1 Å². The molecular formula is C27H26N6O3. The molecule has 9 heteroatoms. The second-order valence-electron chi connectivity index (χ2n) is 8.10. The molecule has 182 valence electrons. The summed E-state index contributed by atoms with van der Waals surface area (Å²) in [5.41, 5.74) is 3.80. The van der Waals surface area contributed by atoms with E-state index in [0.29, 0.717) is 47.1 Å². The molecule has 0 fully saturated rings. The number of imidazole rings is 1. The molecule has 36 heavy (non-hydrogen) atoms. The first kappa shape index (κ1) is 24.4. The lowest BCUT2D eigenvalue weighted by Crippen LogP contribution is -2.26. The molecule has 0 bridgehead atoms. The summed E-state index contributed by atoms with van der Waals surface area (Å²) < 4.78 is 7.10. The number of rotatable bonds is 8. The first-order chi connectivity index (χ1) is 17.5. The Hall–Kier alpha value is -4.68. The number of methoxy groups -OCH3 is 1. The topological polar surface area (TPSA) is 112 Å². The van der Waals surface area contributed by atoms with Crippen LogP contribution < -0.4 is 15.5 Å². The highest BCUT2D eigenvalue weighted by Gasteiger charge is 2.17. The zero-order chi connectivity index (χ0) is 25.5. The van der Waals surface area contributed by atoms with Gasteiger partial charge in [-0.2, -0.15) is 5.26 Å². The monoisotopic (exact) mass is 482 g/mol. The average Bonchev–Trinajstić information content (AvgIpc) is 3.24. The molecule has 0 atom stereocenters. The van der Waals surface area contributed by atoms with Gasteiger partial charge >= 0.3 is 6.03 Å². The highest BCUT2D eigenvalue weighted by atomic mass is 16.5. The molecule has 1 aromatic heterocycles. The molecule has 3 aromatic carbocycles. The van der Waals surface area contributed by atoms with Gasteiger partial charge in [0.2, 0.25) is 5.95 Å². The highest BCUT2D eigenvalue weighted by Crippen LogP contribution is 2.26. The lowest BCUT2D eigenvalue weighted by Gasteiger charge is -2.17. The fourth-order valence-corrected chi connectivity index (χ4v) is 3.80. The van der Waals surface area contributed by atoms with E-state index in [2.05, 4.69) is 15.6 Å². The summed E-state index contributed by atoms with van der Waals surface area (Å²) in [5.74, 6) is 0.246. The quantitative estimate of drug-likeness (QED) is 0.348. The van der Waals surface area contributed by atoms with Crippen molar-refractivity contribution in [3.63, 3.8) is 0 Å². The van der Waals surface area contributed by atoms with Crippen molar-refractivity contribution in [2.24, 2.45) is 0 Å². The Morgan fingerprint density at radius 2 is 1.81 bits per heavy atom. The number of aryl methyl sites for hydroxylation is 1. The molecule has 2 N–H and O–H groups in total. The number of urea groups is 1. The lowest BCUT2D eigenvalue weighted by atomic mass is 10.2. The van der Waals surface area contributed by atoms with Crippen molar-refractivity contribution in [2.45, 2.75) is 13.0 Å². The normalized spacial score (nSPS) is 10.6. The van der Waals surface area contributed by atoms with Gasteiger partial charge in [-0.25, -0.2) is 9.78 Å². The molecule has 9 nitrogen and oxygen atoms in total. The summed E-state index contributed by atoms with van der Waals surface area (Å²) in [6, 6.07) is 22.8. The van der Waals surface area contributed by atoms with Crippen molar-refractivity contribution >= 4 is 40.3 Å². The summed E-state index contributed by atoms with van der Waals surface area (Å²) in [6.45, 7) is 1.14. The largest absolute Gasteiger partial charge is 0.385 e. The number of nitriles is 1. The van der Waals surface area contributed by atoms with E-state index < -0.39 is 6.03 Å². The molecule has 0 unspecified atom stereocenters. The predicted octanol–water partition coefficient (Wildman–Crippen LogP) is 4.87. The van der Waals surface area contributed by atoms with E-state index >= 15 is 0 Å². The fourth-order valence-electron chi connectivity index (χ4n) is 3.80. The van der Waals surface area contributed by atoms with Crippen molar-refractivity contribution < 1.29 is 14.3 Å². The summed E-state index contributed by atoms with van der Waals surface area (Å²) in [4.78, 5) is 31.8. The number of benzene rings is 3. The third-order valence-electron chi connectivity index (χ3n) is 5.67. The van der Waals surface area contributed by atoms with Crippen molar-refractivity contribution in [3.8, 4) is 6.07 Å². The molecule has 4 rings (SSSR count). The first-order valence-corrected chi connectivity index (χ1v) is 11.4. The van der Waals surface area contributed by atoms with Crippen LogP contribution in [0, 0.1) is 11.3 Å². The first-order valence-electron chi connectivity index (χ1n) is 11.4. The fraction of sp³-hybridized carbons (Fsp3) is 0.185. The van der Waals surface area contributed by atoms with Gasteiger partial charge in [0.05, 0.1) is 22.7 Å². The van der Waals surface area contributed by atoms with Crippen molar-refractivity contribution in [1.29, 1.82) is 5.26 Å². The number of hydrogen-bond acceptors (Lipinski definition) is 5. The van der Waals surface area contributed by atoms with Gasteiger partial charge in [0.25, 0.3) is 5.91 Å². The average molecular weight is 483 g/mol. The van der Waals surface area contributed by atoms with Crippen LogP contribution >= 0.6 is 0 Å². The van der Waals surface area contributed by atoms with Crippen LogP contribution in [0.5, 0.6) is 0 Å². The number of nitrogens with zero attached hydrogens (tertiary/aromatic N) is 4. The second-order valence-corrected chi connectivity index (χ2v) is 8.10. The number of fused-ring (bicyclic) bond motifs is 1. The molecule has 0 saturated heterocycles. The Kier molecular flexibility index (Phi) is 7.58. The standard InChI is InChI=1S/C27H26N6O3/c1-32(25(34)20-7-4-3-5-8-20)22-13-14-24-23(17-22)30-26(33(24)15-6-16-36-2)31-27(35)29-21-11-9-19(18-28)10-12-21/h3-5,7-14,17H,6,15-16H2,1-2H3,(H2,29,30,31,35). The summed E-state index contributed by atoms with van der Waals surface area (Å²) in [5, 5.41) is 14.5. The lowest BCUT2D eigenvalue weighted by molar-refractivity contribution is 0.0993. The van der Waals surface area contributed by atoms with E-state index in [9.17, 15) is 9.59 Å². The van der Waals surface area contributed by atoms with E-state index in [4.69, 9.17) is 10.00 Å². The highest BCUT2D eigenvalue weighted by molar-refractivity contribution is 6.06. The van der Waals surface area contributed by atoms with Crippen LogP contribution in [0.2, 0.25) is 0 Å². The van der Waals surface area contributed by atoms with E-state index in [-0.39, 0.29) is 5.91 Å². The number of nitrogens with one attached hydrogen (secondary N) is 2. The maximum absolute atomic E-state index is 12.9. The van der Waals surface area contributed by atoms with Crippen molar-refractivity contribution in [2.75, 3.05) is 36.3 Å². The van der Waals surface area contributed by atoms with Crippen LogP contribution in [0.15, 0.2) is 72.8 Å². The van der Waals surface area contributed by atoms with Crippen LogP contribution in [0.4, 0.5) is 22.1 Å². The smallest absolute Gasteiger partial charge is 0.326 e. The molecule has 4 aromatic rings. The Morgan fingerprint density at radius 1 is 1.06 bits per heavy atom. The number of aromatic nitrogens is 2. The summed E-state index contributed by atoms with van der Waals surface area (Å²) >= 11 is 0. The molecule has 0 aliphatic carbocycles. The SMILES string of the molecule is COCCCn1c(NC(=O)Nc2ccc(C#N)cc2)nc2cc(N(C)C(=O)c3ccccc3)ccc21. The van der Waals surface area contributed by atoms with Gasteiger partial charge in [-0.15, -0.1) is 0 Å². The van der Waals surface area contributed by atoms with Crippen LogP contribution in [0.3, 0.4) is 0 Å². The minimum Gasteiger partial charge on any atom is -0.385 e. The Balaban J connectivity index is 1.59. The third kappa shape index (κ3) is 5.51. The van der Waals surface area contributed by atoms with Crippen LogP contribution in [-0.2, 0) is 11.3 Å². The van der Waals surface area contributed by atoms with Gasteiger partial charge in [-0.05, 0) is 61.0 Å². The molecular weight excluding hydrogens is 456 g/mol. The molecule has 0 spiro atoms. The van der Waals surface area contributed by atoms with Crippen LogP contribution in [0.25, 0.3) is 11.0 Å². The number of amides is 3.